The van der Waals surface area contributed by atoms with Crippen molar-refractivity contribution in [2.45, 2.75) is 32.5 Å². The minimum absolute atomic E-state index is 0.0900. The summed E-state index contributed by atoms with van der Waals surface area (Å²) < 4.78 is 12.3. The van der Waals surface area contributed by atoms with Gasteiger partial charge >= 0.3 is 0 Å². The molecule has 1 heterocycles. The van der Waals surface area contributed by atoms with Crippen molar-refractivity contribution < 1.29 is 9.47 Å². The van der Waals surface area contributed by atoms with Gasteiger partial charge in [0.1, 0.15) is 0 Å². The van der Waals surface area contributed by atoms with Crippen LogP contribution in [0.2, 0.25) is 0 Å². The molecule has 0 radical (unpaired) electrons. The molecule has 1 atom stereocenters. The number of methoxy groups -OCH3 is 2. The van der Waals surface area contributed by atoms with Crippen LogP contribution in [0, 0.1) is 0 Å². The summed E-state index contributed by atoms with van der Waals surface area (Å²) in [5.74, 6) is 0. The summed E-state index contributed by atoms with van der Waals surface area (Å²) in [6, 6.07) is 2.44. The second kappa shape index (κ2) is 7.42. The van der Waals surface area contributed by atoms with Crippen LogP contribution in [-0.4, -0.2) is 43.3 Å². The van der Waals surface area contributed by atoms with Gasteiger partial charge in [-0.15, -0.1) is 0 Å². The maximum Gasteiger partial charge on any atom is 0.0928 e. The number of hydrogen-bond acceptors (Lipinski definition) is 4. The van der Waals surface area contributed by atoms with Crippen LogP contribution in [0.15, 0.2) is 12.3 Å². The lowest BCUT2D eigenvalue weighted by atomic mass is 10.3. The van der Waals surface area contributed by atoms with Crippen LogP contribution in [0.25, 0.3) is 0 Å². The summed E-state index contributed by atoms with van der Waals surface area (Å²) in [6.07, 6.45) is 2.09. The first-order chi connectivity index (χ1) is 8.17. The second-order valence-electron chi connectivity index (χ2n) is 4.32. The Labute approximate surface area is 103 Å². The van der Waals surface area contributed by atoms with E-state index in [0.717, 1.165) is 18.8 Å². The quantitative estimate of drug-likeness (QED) is 0.743. The number of rotatable bonds is 8. The zero-order valence-electron chi connectivity index (χ0n) is 11.1. The molecule has 0 aliphatic carbocycles. The van der Waals surface area contributed by atoms with E-state index in [1.165, 1.54) is 0 Å². The van der Waals surface area contributed by atoms with E-state index in [4.69, 9.17) is 9.47 Å². The molecule has 0 aliphatic rings. The lowest BCUT2D eigenvalue weighted by Gasteiger charge is -2.14. The van der Waals surface area contributed by atoms with Gasteiger partial charge in [-0.25, -0.2) is 0 Å². The van der Waals surface area contributed by atoms with Crippen LogP contribution >= 0.6 is 0 Å². The third-order valence-corrected chi connectivity index (χ3v) is 2.56. The Kier molecular flexibility index (Phi) is 6.18. The molecule has 0 bridgehead atoms. The lowest BCUT2D eigenvalue weighted by Crippen LogP contribution is -2.31. The normalized spacial score (nSPS) is 13.2. The standard InChI is InChI=1S/C12H23N3O2/c1-10(2)15-6-5-11(14-15)7-13-8-12(17-4)9-16-3/h5-6,10,12-13H,7-9H2,1-4H3. The van der Waals surface area contributed by atoms with E-state index < -0.39 is 0 Å². The number of nitrogens with one attached hydrogen (secondary N) is 1. The lowest BCUT2D eigenvalue weighted by molar-refractivity contribution is 0.0287. The summed E-state index contributed by atoms with van der Waals surface area (Å²) in [5.41, 5.74) is 1.05. The van der Waals surface area contributed by atoms with Crippen LogP contribution in [0.4, 0.5) is 0 Å². The zero-order valence-corrected chi connectivity index (χ0v) is 11.1. The van der Waals surface area contributed by atoms with E-state index in [0.29, 0.717) is 12.6 Å². The predicted octanol–water partition coefficient (Wildman–Crippen LogP) is 1.21. The Morgan fingerprint density at radius 3 is 2.71 bits per heavy atom. The van der Waals surface area contributed by atoms with Crippen molar-refractivity contribution in [3.05, 3.63) is 18.0 Å². The van der Waals surface area contributed by atoms with Crippen molar-refractivity contribution in [1.29, 1.82) is 0 Å². The number of aromatic nitrogens is 2. The Balaban J connectivity index is 2.29. The fourth-order valence-electron chi connectivity index (χ4n) is 1.52. The molecule has 0 fully saturated rings. The fourth-order valence-corrected chi connectivity index (χ4v) is 1.52. The maximum atomic E-state index is 5.26. The first kappa shape index (κ1) is 14.2. The van der Waals surface area contributed by atoms with Gasteiger partial charge < -0.3 is 14.8 Å². The van der Waals surface area contributed by atoms with Gasteiger partial charge in [0.15, 0.2) is 0 Å². The average Bonchev–Trinajstić information content (AvgIpc) is 2.77. The molecule has 0 saturated heterocycles. The van der Waals surface area contributed by atoms with E-state index in [1.54, 1.807) is 14.2 Å². The summed E-state index contributed by atoms with van der Waals surface area (Å²) in [7, 11) is 3.37. The van der Waals surface area contributed by atoms with Crippen molar-refractivity contribution in [2.24, 2.45) is 0 Å². The third-order valence-electron chi connectivity index (χ3n) is 2.56. The second-order valence-corrected chi connectivity index (χ2v) is 4.32. The molecule has 1 N–H and O–H groups in total. The first-order valence-electron chi connectivity index (χ1n) is 5.93. The fraction of sp³-hybridized carbons (Fsp3) is 0.750. The third kappa shape index (κ3) is 4.85. The molecule has 5 heteroatoms. The molecule has 17 heavy (non-hydrogen) atoms. The SMILES string of the molecule is COCC(CNCc1ccn(C(C)C)n1)OC. The Morgan fingerprint density at radius 1 is 1.41 bits per heavy atom. The van der Waals surface area contributed by atoms with E-state index in [-0.39, 0.29) is 6.10 Å². The first-order valence-corrected chi connectivity index (χ1v) is 5.93. The smallest absolute Gasteiger partial charge is 0.0928 e. The van der Waals surface area contributed by atoms with Crippen molar-refractivity contribution in [3.63, 3.8) is 0 Å². The molecule has 0 spiro atoms. The van der Waals surface area contributed by atoms with Crippen LogP contribution < -0.4 is 5.32 Å². The molecule has 1 aromatic rings. The molecule has 0 aromatic carbocycles. The summed E-state index contributed by atoms with van der Waals surface area (Å²) in [6.45, 7) is 6.35. The van der Waals surface area contributed by atoms with Crippen molar-refractivity contribution in [2.75, 3.05) is 27.4 Å². The maximum absolute atomic E-state index is 5.26. The van der Waals surface area contributed by atoms with Crippen molar-refractivity contribution >= 4 is 0 Å². The van der Waals surface area contributed by atoms with Crippen molar-refractivity contribution in [3.8, 4) is 0 Å². The Hall–Kier alpha value is -0.910. The molecule has 5 nitrogen and oxygen atoms in total. The summed E-state index contributed by atoms with van der Waals surface area (Å²) in [4.78, 5) is 0. The predicted molar refractivity (Wildman–Crippen MR) is 67.0 cm³/mol. The minimum Gasteiger partial charge on any atom is -0.382 e. The van der Waals surface area contributed by atoms with E-state index in [9.17, 15) is 0 Å². The molecule has 98 valence electrons. The van der Waals surface area contributed by atoms with Gasteiger partial charge in [-0.3, -0.25) is 4.68 Å². The van der Waals surface area contributed by atoms with Crippen LogP contribution in [0.5, 0.6) is 0 Å². The van der Waals surface area contributed by atoms with Crippen LogP contribution in [0.1, 0.15) is 25.6 Å². The highest BCUT2D eigenvalue weighted by molar-refractivity contribution is 4.99. The number of ether oxygens (including phenoxy) is 2. The summed E-state index contributed by atoms with van der Waals surface area (Å²) >= 11 is 0. The van der Waals surface area contributed by atoms with Crippen LogP contribution in [0.3, 0.4) is 0 Å². The number of nitrogens with zero attached hydrogens (tertiary/aromatic N) is 2. The molecular weight excluding hydrogens is 218 g/mol. The van der Waals surface area contributed by atoms with Gasteiger partial charge in [0, 0.05) is 39.5 Å². The topological polar surface area (TPSA) is 48.3 Å². The average molecular weight is 241 g/mol. The van der Waals surface area contributed by atoms with Gasteiger partial charge in [0.05, 0.1) is 18.4 Å². The Bertz CT molecular complexity index is 312. The largest absolute Gasteiger partial charge is 0.382 e. The monoisotopic (exact) mass is 241 g/mol. The van der Waals surface area contributed by atoms with Gasteiger partial charge in [-0.05, 0) is 19.9 Å². The molecule has 1 aromatic heterocycles. The van der Waals surface area contributed by atoms with E-state index >= 15 is 0 Å². The zero-order chi connectivity index (χ0) is 12.7. The molecule has 1 unspecified atom stereocenters. The Morgan fingerprint density at radius 2 is 2.18 bits per heavy atom. The molecule has 0 amide bonds. The van der Waals surface area contributed by atoms with Crippen LogP contribution in [-0.2, 0) is 16.0 Å². The highest BCUT2D eigenvalue weighted by Gasteiger charge is 2.07. The van der Waals surface area contributed by atoms with E-state index in [2.05, 4.69) is 24.3 Å². The summed E-state index contributed by atoms with van der Waals surface area (Å²) in [5, 5.41) is 7.77. The van der Waals surface area contributed by atoms with Crippen molar-refractivity contribution in [1.82, 2.24) is 15.1 Å². The van der Waals surface area contributed by atoms with Gasteiger partial charge in [-0.2, -0.15) is 5.10 Å². The molecule has 0 aliphatic heterocycles. The van der Waals surface area contributed by atoms with Gasteiger partial charge in [-0.1, -0.05) is 0 Å². The highest BCUT2D eigenvalue weighted by Crippen LogP contribution is 2.03. The molecule has 0 saturated carbocycles. The molecular formula is C12H23N3O2. The highest BCUT2D eigenvalue weighted by atomic mass is 16.5. The minimum atomic E-state index is 0.0900. The van der Waals surface area contributed by atoms with Gasteiger partial charge in [0.2, 0.25) is 0 Å². The number of hydrogen-bond donors (Lipinski definition) is 1. The van der Waals surface area contributed by atoms with E-state index in [1.807, 2.05) is 16.9 Å². The molecule has 1 rings (SSSR count). The van der Waals surface area contributed by atoms with Gasteiger partial charge in [0.25, 0.3) is 0 Å².